The molecule has 0 amide bonds. The third kappa shape index (κ3) is 4.42. The second-order valence-electron chi connectivity index (χ2n) is 7.51. The summed E-state index contributed by atoms with van der Waals surface area (Å²) in [6.45, 7) is 5.21. The highest BCUT2D eigenvalue weighted by molar-refractivity contribution is 7.92. The molecule has 1 N–H and O–H groups in total. The third-order valence-electron chi connectivity index (χ3n) is 5.11. The fourth-order valence-corrected chi connectivity index (χ4v) is 4.94. The summed E-state index contributed by atoms with van der Waals surface area (Å²) >= 11 is 0. The minimum absolute atomic E-state index is 0.0110. The van der Waals surface area contributed by atoms with Crippen molar-refractivity contribution in [1.82, 2.24) is 20.0 Å². The Morgan fingerprint density at radius 3 is 2.30 bits per heavy atom. The Bertz CT molecular complexity index is 1420. The van der Waals surface area contributed by atoms with E-state index in [9.17, 15) is 12.8 Å². The molecule has 0 fully saturated rings. The molecule has 0 aliphatic heterocycles. The highest BCUT2D eigenvalue weighted by atomic mass is 32.2. The molecule has 0 aliphatic carbocycles. The van der Waals surface area contributed by atoms with Crippen LogP contribution in [0.15, 0.2) is 59.5 Å². The van der Waals surface area contributed by atoms with Crippen LogP contribution in [-0.4, -0.2) is 35.5 Å². The van der Waals surface area contributed by atoms with E-state index in [1.165, 1.54) is 23.9 Å². The number of nitrogens with zero attached hydrogens (tertiary/aromatic N) is 4. The van der Waals surface area contributed by atoms with Crippen molar-refractivity contribution in [2.75, 3.05) is 11.8 Å². The van der Waals surface area contributed by atoms with Crippen molar-refractivity contribution in [2.45, 2.75) is 25.7 Å². The molecule has 8 nitrogen and oxygen atoms in total. The van der Waals surface area contributed by atoms with Gasteiger partial charge < -0.3 is 4.74 Å². The van der Waals surface area contributed by atoms with Gasteiger partial charge in [-0.25, -0.2) is 17.5 Å². The minimum atomic E-state index is -4.04. The highest BCUT2D eigenvalue weighted by Crippen LogP contribution is 2.27. The van der Waals surface area contributed by atoms with Gasteiger partial charge >= 0.3 is 0 Å². The molecule has 0 spiro atoms. The van der Waals surface area contributed by atoms with Crippen molar-refractivity contribution < 1.29 is 17.5 Å². The van der Waals surface area contributed by atoms with Crippen LogP contribution in [-0.2, 0) is 10.0 Å². The Balaban J connectivity index is 1.65. The van der Waals surface area contributed by atoms with Gasteiger partial charge in [0.05, 0.1) is 29.9 Å². The van der Waals surface area contributed by atoms with Gasteiger partial charge in [-0.3, -0.25) is 4.72 Å². The van der Waals surface area contributed by atoms with E-state index in [0.717, 1.165) is 17.2 Å². The van der Waals surface area contributed by atoms with Crippen LogP contribution < -0.4 is 9.46 Å². The molecule has 4 aromatic rings. The maximum atomic E-state index is 14.0. The Hall–Kier alpha value is -3.79. The minimum Gasteiger partial charge on any atom is -0.494 e. The lowest BCUT2D eigenvalue weighted by atomic mass is 10.1. The summed E-state index contributed by atoms with van der Waals surface area (Å²) in [6.07, 6.45) is 0. The zero-order chi connectivity index (χ0) is 23.8. The Labute approximate surface area is 191 Å². The fourth-order valence-electron chi connectivity index (χ4n) is 3.49. The molecule has 0 unspecified atom stereocenters. The van der Waals surface area contributed by atoms with Gasteiger partial charge in [-0.15, -0.1) is 10.2 Å². The zero-order valence-electron chi connectivity index (χ0n) is 18.5. The Morgan fingerprint density at radius 1 is 0.970 bits per heavy atom. The Morgan fingerprint density at radius 2 is 1.70 bits per heavy atom. The number of hydrogen-bond donors (Lipinski definition) is 1. The summed E-state index contributed by atoms with van der Waals surface area (Å²) in [4.78, 5) is -0.0110. The van der Waals surface area contributed by atoms with E-state index in [1.807, 2.05) is 31.2 Å². The lowest BCUT2D eigenvalue weighted by Gasteiger charge is -2.10. The Kier molecular flexibility index (Phi) is 5.86. The fraction of sp³-hybridized carbons (Fsp3) is 0.174. The lowest BCUT2D eigenvalue weighted by Crippen LogP contribution is -2.15. The number of anilines is 1. The van der Waals surface area contributed by atoms with Gasteiger partial charge in [0.2, 0.25) is 0 Å². The van der Waals surface area contributed by atoms with Crippen molar-refractivity contribution in [3.8, 4) is 22.8 Å². The first kappa shape index (κ1) is 22.4. The van der Waals surface area contributed by atoms with E-state index in [0.29, 0.717) is 17.2 Å². The van der Waals surface area contributed by atoms with Crippen LogP contribution in [0.2, 0.25) is 0 Å². The van der Waals surface area contributed by atoms with E-state index < -0.39 is 15.8 Å². The van der Waals surface area contributed by atoms with E-state index in [4.69, 9.17) is 4.74 Å². The number of rotatable bonds is 6. The van der Waals surface area contributed by atoms with Crippen LogP contribution in [0.3, 0.4) is 0 Å². The van der Waals surface area contributed by atoms with E-state index in [2.05, 4.69) is 20.0 Å². The maximum absolute atomic E-state index is 14.0. The van der Waals surface area contributed by atoms with E-state index in [1.54, 1.807) is 26.0 Å². The molecule has 4 rings (SSSR count). The number of hydrogen-bond acceptors (Lipinski definition) is 6. The molecule has 0 bridgehead atoms. The molecule has 0 atom stereocenters. The maximum Gasteiger partial charge on any atom is 0.265 e. The van der Waals surface area contributed by atoms with Gasteiger partial charge in [-0.2, -0.15) is 5.10 Å². The SMILES string of the molecule is COc1ccc(NS(=O)(=O)c2c(C)nn(-c3ccc(-c4ccc(C)cc4)nn3)c2C)cc1F. The van der Waals surface area contributed by atoms with Crippen molar-refractivity contribution in [2.24, 2.45) is 0 Å². The second-order valence-corrected chi connectivity index (χ2v) is 9.13. The van der Waals surface area contributed by atoms with Crippen molar-refractivity contribution in [3.63, 3.8) is 0 Å². The van der Waals surface area contributed by atoms with Gasteiger partial charge in [-0.1, -0.05) is 29.8 Å². The van der Waals surface area contributed by atoms with E-state index in [-0.39, 0.29) is 22.0 Å². The number of aryl methyl sites for hydroxylation is 2. The largest absolute Gasteiger partial charge is 0.494 e. The number of ether oxygens (including phenoxy) is 1. The lowest BCUT2D eigenvalue weighted by molar-refractivity contribution is 0.386. The molecule has 2 aromatic carbocycles. The van der Waals surface area contributed by atoms with Crippen LogP contribution in [0.1, 0.15) is 17.0 Å². The number of benzene rings is 2. The van der Waals surface area contributed by atoms with Crippen LogP contribution in [0, 0.1) is 26.6 Å². The molecule has 170 valence electrons. The van der Waals surface area contributed by atoms with Crippen molar-refractivity contribution >= 4 is 15.7 Å². The molecular formula is C23H22FN5O3S. The van der Waals surface area contributed by atoms with Gasteiger partial charge in [0, 0.05) is 11.6 Å². The highest BCUT2D eigenvalue weighted by Gasteiger charge is 2.26. The topological polar surface area (TPSA) is 99.0 Å². The predicted octanol–water partition coefficient (Wildman–Crippen LogP) is 4.20. The standard InChI is InChI=1S/C23H22FN5O3S/c1-14-5-7-17(8-6-14)20-10-12-22(26-25-20)29-16(3)23(15(2)27-29)33(30,31)28-18-9-11-21(32-4)19(24)13-18/h5-13,28H,1-4H3. The normalized spacial score (nSPS) is 11.4. The van der Waals surface area contributed by atoms with Crippen molar-refractivity contribution in [1.29, 1.82) is 0 Å². The van der Waals surface area contributed by atoms with Gasteiger partial charge in [0.15, 0.2) is 17.4 Å². The molecule has 33 heavy (non-hydrogen) atoms. The van der Waals surface area contributed by atoms with Crippen LogP contribution in [0.25, 0.3) is 17.1 Å². The molecule has 0 radical (unpaired) electrons. The summed E-state index contributed by atoms with van der Waals surface area (Å²) < 4.78 is 48.8. The molecule has 0 aliphatic rings. The quantitative estimate of drug-likeness (QED) is 0.456. The average Bonchev–Trinajstić information content (AvgIpc) is 3.09. The number of sulfonamides is 1. The first-order chi connectivity index (χ1) is 15.7. The second kappa shape index (κ2) is 8.62. The smallest absolute Gasteiger partial charge is 0.265 e. The molecule has 2 heterocycles. The summed E-state index contributed by atoms with van der Waals surface area (Å²) in [5.74, 6) is -0.278. The summed E-state index contributed by atoms with van der Waals surface area (Å²) in [7, 11) is -2.71. The van der Waals surface area contributed by atoms with Crippen LogP contribution >= 0.6 is 0 Å². The molecule has 2 aromatic heterocycles. The summed E-state index contributed by atoms with van der Waals surface area (Å²) in [5.41, 5.74) is 3.46. The zero-order valence-corrected chi connectivity index (χ0v) is 19.3. The predicted molar refractivity (Wildman–Crippen MR) is 123 cm³/mol. The van der Waals surface area contributed by atoms with E-state index >= 15 is 0 Å². The number of aromatic nitrogens is 4. The van der Waals surface area contributed by atoms with Gasteiger partial charge in [-0.05, 0) is 45.0 Å². The molecule has 0 saturated heterocycles. The first-order valence-corrected chi connectivity index (χ1v) is 11.5. The summed E-state index contributed by atoms with van der Waals surface area (Å²) in [5, 5.41) is 12.8. The monoisotopic (exact) mass is 467 g/mol. The number of methoxy groups -OCH3 is 1. The first-order valence-electron chi connectivity index (χ1n) is 10.0. The van der Waals surface area contributed by atoms with Crippen molar-refractivity contribution in [3.05, 3.63) is 77.4 Å². The number of nitrogens with one attached hydrogen (secondary N) is 1. The molecule has 0 saturated carbocycles. The van der Waals surface area contributed by atoms with Crippen LogP contribution in [0.4, 0.5) is 10.1 Å². The van der Waals surface area contributed by atoms with Crippen LogP contribution in [0.5, 0.6) is 5.75 Å². The van der Waals surface area contributed by atoms with Gasteiger partial charge in [0.25, 0.3) is 10.0 Å². The third-order valence-corrected chi connectivity index (χ3v) is 6.75. The summed E-state index contributed by atoms with van der Waals surface area (Å²) in [6, 6.07) is 15.3. The molecule has 10 heteroatoms. The van der Waals surface area contributed by atoms with Gasteiger partial charge in [0.1, 0.15) is 4.90 Å². The average molecular weight is 468 g/mol. The number of halogens is 1. The molecular weight excluding hydrogens is 445 g/mol.